The molecule has 20 heavy (non-hydrogen) atoms. The molecule has 1 N–H and O–H groups in total. The van der Waals surface area contributed by atoms with E-state index in [2.05, 4.69) is 44.3 Å². The van der Waals surface area contributed by atoms with Gasteiger partial charge in [-0.05, 0) is 43.9 Å². The number of rotatable bonds is 5. The molecule has 0 saturated carbocycles. The number of nitrogens with zero attached hydrogens (tertiary/aromatic N) is 1. The zero-order chi connectivity index (χ0) is 14.8. The summed E-state index contributed by atoms with van der Waals surface area (Å²) in [6.45, 7) is 8.30. The van der Waals surface area contributed by atoms with Crippen molar-refractivity contribution >= 4 is 10.0 Å². The SMILES string of the molecule is Cc1cccc([C@H](C)NCCN2CCCS2(=O)=O)c1C. The Labute approximate surface area is 122 Å². The van der Waals surface area contributed by atoms with E-state index in [1.807, 2.05) is 0 Å². The molecule has 0 unspecified atom stereocenters. The second-order valence-corrected chi connectivity index (χ2v) is 7.62. The molecule has 2 rings (SSSR count). The molecule has 0 bridgehead atoms. The van der Waals surface area contributed by atoms with Crippen LogP contribution in [0.4, 0.5) is 0 Å². The maximum absolute atomic E-state index is 11.7. The summed E-state index contributed by atoms with van der Waals surface area (Å²) in [5.41, 5.74) is 3.88. The summed E-state index contributed by atoms with van der Waals surface area (Å²) in [4.78, 5) is 0. The fourth-order valence-electron chi connectivity index (χ4n) is 2.70. The summed E-state index contributed by atoms with van der Waals surface area (Å²) in [5, 5.41) is 3.43. The van der Waals surface area contributed by atoms with Crippen molar-refractivity contribution in [1.29, 1.82) is 0 Å². The minimum absolute atomic E-state index is 0.236. The van der Waals surface area contributed by atoms with Gasteiger partial charge in [0.05, 0.1) is 5.75 Å². The lowest BCUT2D eigenvalue weighted by Gasteiger charge is -2.20. The van der Waals surface area contributed by atoms with Crippen molar-refractivity contribution in [1.82, 2.24) is 9.62 Å². The average Bonchev–Trinajstić information content (AvgIpc) is 2.72. The number of hydrogen-bond donors (Lipinski definition) is 1. The summed E-state index contributed by atoms with van der Waals surface area (Å²) in [6, 6.07) is 6.55. The standard InChI is InChI=1S/C15H24N2O2S/c1-12-6-4-7-15(13(12)2)14(3)16-8-10-17-9-5-11-20(17,18)19/h4,6-7,14,16H,5,8-11H2,1-3H3/t14-/m0/s1. The van der Waals surface area contributed by atoms with Crippen molar-refractivity contribution in [2.24, 2.45) is 0 Å². The Morgan fingerprint density at radius 1 is 1.35 bits per heavy atom. The zero-order valence-corrected chi connectivity index (χ0v) is 13.3. The molecule has 0 aromatic heterocycles. The molecule has 1 aliphatic rings. The van der Waals surface area contributed by atoms with Crippen molar-refractivity contribution in [2.75, 3.05) is 25.4 Å². The van der Waals surface area contributed by atoms with E-state index in [1.165, 1.54) is 16.7 Å². The van der Waals surface area contributed by atoms with Gasteiger partial charge in [0.1, 0.15) is 0 Å². The summed E-state index contributed by atoms with van der Waals surface area (Å²) >= 11 is 0. The number of aryl methyl sites for hydroxylation is 1. The average molecular weight is 296 g/mol. The van der Waals surface area contributed by atoms with Crippen LogP contribution in [0.2, 0.25) is 0 Å². The Balaban J connectivity index is 1.90. The molecule has 0 aliphatic carbocycles. The van der Waals surface area contributed by atoms with E-state index in [-0.39, 0.29) is 6.04 Å². The smallest absolute Gasteiger partial charge is 0.214 e. The van der Waals surface area contributed by atoms with Crippen molar-refractivity contribution < 1.29 is 8.42 Å². The van der Waals surface area contributed by atoms with Crippen molar-refractivity contribution in [3.05, 3.63) is 34.9 Å². The maximum Gasteiger partial charge on any atom is 0.214 e. The Hall–Kier alpha value is -0.910. The van der Waals surface area contributed by atoms with Gasteiger partial charge in [0.25, 0.3) is 0 Å². The van der Waals surface area contributed by atoms with Gasteiger partial charge in [-0.1, -0.05) is 18.2 Å². The Morgan fingerprint density at radius 3 is 2.75 bits per heavy atom. The van der Waals surface area contributed by atoms with E-state index in [0.717, 1.165) is 6.42 Å². The monoisotopic (exact) mass is 296 g/mol. The van der Waals surface area contributed by atoms with Crippen molar-refractivity contribution in [3.8, 4) is 0 Å². The highest BCUT2D eigenvalue weighted by atomic mass is 32.2. The van der Waals surface area contributed by atoms with Crippen LogP contribution in [0.25, 0.3) is 0 Å². The number of hydrogen-bond acceptors (Lipinski definition) is 3. The second kappa shape index (κ2) is 6.24. The molecular weight excluding hydrogens is 272 g/mol. The highest BCUT2D eigenvalue weighted by Crippen LogP contribution is 2.20. The van der Waals surface area contributed by atoms with Crippen LogP contribution in [0.5, 0.6) is 0 Å². The topological polar surface area (TPSA) is 49.4 Å². The van der Waals surface area contributed by atoms with E-state index < -0.39 is 10.0 Å². The largest absolute Gasteiger partial charge is 0.309 e. The minimum atomic E-state index is -2.97. The zero-order valence-electron chi connectivity index (χ0n) is 12.5. The van der Waals surface area contributed by atoms with E-state index >= 15 is 0 Å². The van der Waals surface area contributed by atoms with Crippen LogP contribution in [-0.4, -0.2) is 38.1 Å². The van der Waals surface area contributed by atoms with Crippen LogP contribution in [0.3, 0.4) is 0 Å². The van der Waals surface area contributed by atoms with Gasteiger partial charge in [0.2, 0.25) is 10.0 Å². The fourth-order valence-corrected chi connectivity index (χ4v) is 4.23. The summed E-state index contributed by atoms with van der Waals surface area (Å²) < 4.78 is 25.0. The lowest BCUT2D eigenvalue weighted by molar-refractivity contribution is 0.421. The van der Waals surface area contributed by atoms with Gasteiger partial charge in [-0.2, -0.15) is 0 Å². The number of benzene rings is 1. The molecule has 0 spiro atoms. The molecule has 5 heteroatoms. The van der Waals surface area contributed by atoms with Crippen LogP contribution in [0.1, 0.15) is 36.1 Å². The molecule has 4 nitrogen and oxygen atoms in total. The molecule has 1 saturated heterocycles. The molecule has 112 valence electrons. The van der Waals surface area contributed by atoms with Gasteiger partial charge in [0.15, 0.2) is 0 Å². The van der Waals surface area contributed by atoms with Gasteiger partial charge >= 0.3 is 0 Å². The molecular formula is C15H24N2O2S. The Kier molecular flexibility index (Phi) is 4.83. The lowest BCUT2D eigenvalue weighted by Crippen LogP contribution is -2.34. The van der Waals surface area contributed by atoms with Crippen LogP contribution < -0.4 is 5.32 Å². The first-order valence-corrected chi connectivity index (χ1v) is 8.80. The van der Waals surface area contributed by atoms with E-state index in [1.54, 1.807) is 4.31 Å². The van der Waals surface area contributed by atoms with Gasteiger partial charge in [-0.25, -0.2) is 12.7 Å². The molecule has 1 fully saturated rings. The van der Waals surface area contributed by atoms with Gasteiger partial charge in [0, 0.05) is 25.7 Å². The van der Waals surface area contributed by atoms with Gasteiger partial charge in [-0.3, -0.25) is 0 Å². The summed E-state index contributed by atoms with van der Waals surface area (Å²) in [5.74, 6) is 0.305. The van der Waals surface area contributed by atoms with E-state index in [4.69, 9.17) is 0 Å². The van der Waals surface area contributed by atoms with E-state index in [9.17, 15) is 8.42 Å². The Morgan fingerprint density at radius 2 is 2.10 bits per heavy atom. The van der Waals surface area contributed by atoms with Crippen molar-refractivity contribution in [2.45, 2.75) is 33.2 Å². The first-order valence-electron chi connectivity index (χ1n) is 7.19. The minimum Gasteiger partial charge on any atom is -0.309 e. The number of nitrogens with one attached hydrogen (secondary N) is 1. The van der Waals surface area contributed by atoms with Crippen LogP contribution in [0.15, 0.2) is 18.2 Å². The van der Waals surface area contributed by atoms with Crippen LogP contribution in [0, 0.1) is 13.8 Å². The normalized spacial score (nSPS) is 20.1. The molecule has 1 heterocycles. The maximum atomic E-state index is 11.7. The van der Waals surface area contributed by atoms with Gasteiger partial charge in [-0.15, -0.1) is 0 Å². The molecule has 1 aromatic carbocycles. The molecule has 1 atom stereocenters. The predicted octanol–water partition coefficient (Wildman–Crippen LogP) is 1.99. The third-order valence-electron chi connectivity index (χ3n) is 4.13. The Bertz CT molecular complexity index is 569. The predicted molar refractivity (Wildman–Crippen MR) is 82.3 cm³/mol. The summed E-state index contributed by atoms with van der Waals surface area (Å²) in [7, 11) is -2.97. The molecule has 0 amide bonds. The summed E-state index contributed by atoms with van der Waals surface area (Å²) in [6.07, 6.45) is 0.759. The second-order valence-electron chi connectivity index (χ2n) is 5.53. The third-order valence-corrected chi connectivity index (χ3v) is 6.08. The fraction of sp³-hybridized carbons (Fsp3) is 0.600. The highest BCUT2D eigenvalue weighted by molar-refractivity contribution is 7.89. The molecule has 1 aliphatic heterocycles. The third kappa shape index (κ3) is 3.40. The van der Waals surface area contributed by atoms with Crippen LogP contribution >= 0.6 is 0 Å². The molecule has 0 radical (unpaired) electrons. The number of sulfonamides is 1. The van der Waals surface area contributed by atoms with Crippen molar-refractivity contribution in [3.63, 3.8) is 0 Å². The van der Waals surface area contributed by atoms with Crippen LogP contribution in [-0.2, 0) is 10.0 Å². The van der Waals surface area contributed by atoms with Gasteiger partial charge < -0.3 is 5.32 Å². The highest BCUT2D eigenvalue weighted by Gasteiger charge is 2.27. The van der Waals surface area contributed by atoms with E-state index in [0.29, 0.717) is 25.4 Å². The molecule has 1 aromatic rings. The first-order chi connectivity index (χ1) is 9.42. The quantitative estimate of drug-likeness (QED) is 0.904. The lowest BCUT2D eigenvalue weighted by atomic mass is 9.98. The first kappa shape index (κ1) is 15.5.